The number of esters is 1. The first-order chi connectivity index (χ1) is 11.1. The highest BCUT2D eigenvalue weighted by atomic mass is 16.5. The SMILES string of the molecule is COC(=O)c1ccc(/C=C(\C#N)C(=O)NC2CCCCC2)cc1. The predicted octanol–water partition coefficient (Wildman–Crippen LogP) is 2.83. The van der Waals surface area contributed by atoms with Gasteiger partial charge in [-0.05, 0) is 36.6 Å². The molecule has 2 rings (SSSR count). The van der Waals surface area contributed by atoms with Crippen molar-refractivity contribution in [3.63, 3.8) is 0 Å². The smallest absolute Gasteiger partial charge is 0.337 e. The maximum Gasteiger partial charge on any atom is 0.337 e. The summed E-state index contributed by atoms with van der Waals surface area (Å²) in [6, 6.07) is 8.67. The molecule has 1 fully saturated rings. The number of carbonyl (C=O) groups excluding carboxylic acids is 2. The summed E-state index contributed by atoms with van der Waals surface area (Å²) in [5.41, 5.74) is 1.18. The first-order valence-corrected chi connectivity index (χ1v) is 7.75. The number of ether oxygens (including phenoxy) is 1. The van der Waals surface area contributed by atoms with E-state index in [9.17, 15) is 14.9 Å². The minimum atomic E-state index is -0.420. The summed E-state index contributed by atoms with van der Waals surface area (Å²) in [5, 5.41) is 12.1. The van der Waals surface area contributed by atoms with E-state index in [1.165, 1.54) is 19.6 Å². The third kappa shape index (κ3) is 4.68. The maximum absolute atomic E-state index is 12.2. The van der Waals surface area contributed by atoms with Gasteiger partial charge in [0, 0.05) is 6.04 Å². The highest BCUT2D eigenvalue weighted by molar-refractivity contribution is 6.02. The van der Waals surface area contributed by atoms with Crippen LogP contribution in [-0.4, -0.2) is 25.0 Å². The fraction of sp³-hybridized carbons (Fsp3) is 0.389. The summed E-state index contributed by atoms with van der Waals surface area (Å²) < 4.78 is 4.63. The molecule has 1 saturated carbocycles. The van der Waals surface area contributed by atoms with Crippen LogP contribution in [0.3, 0.4) is 0 Å². The van der Waals surface area contributed by atoms with Crippen LogP contribution in [0.15, 0.2) is 29.8 Å². The molecule has 0 unspecified atom stereocenters. The lowest BCUT2D eigenvalue weighted by Crippen LogP contribution is -2.36. The predicted molar refractivity (Wildman–Crippen MR) is 86.4 cm³/mol. The van der Waals surface area contributed by atoms with Gasteiger partial charge in [-0.2, -0.15) is 5.26 Å². The molecule has 0 saturated heterocycles. The number of carbonyl (C=O) groups is 2. The zero-order valence-electron chi connectivity index (χ0n) is 13.2. The maximum atomic E-state index is 12.2. The topological polar surface area (TPSA) is 79.2 Å². The number of rotatable bonds is 4. The van der Waals surface area contributed by atoms with Gasteiger partial charge < -0.3 is 10.1 Å². The van der Waals surface area contributed by atoms with Crippen molar-refractivity contribution in [3.05, 3.63) is 41.0 Å². The second kappa shape index (κ2) is 8.14. The van der Waals surface area contributed by atoms with Crippen LogP contribution in [0.4, 0.5) is 0 Å². The normalized spacial score (nSPS) is 15.6. The van der Waals surface area contributed by atoms with Crippen LogP contribution in [-0.2, 0) is 9.53 Å². The molecule has 120 valence electrons. The fourth-order valence-electron chi connectivity index (χ4n) is 2.66. The van der Waals surface area contributed by atoms with Crippen LogP contribution in [0.5, 0.6) is 0 Å². The zero-order valence-corrected chi connectivity index (χ0v) is 13.2. The average molecular weight is 312 g/mol. The molecule has 0 aliphatic heterocycles. The Morgan fingerprint density at radius 2 is 1.87 bits per heavy atom. The van der Waals surface area contributed by atoms with Crippen molar-refractivity contribution in [2.45, 2.75) is 38.1 Å². The van der Waals surface area contributed by atoms with Gasteiger partial charge in [0.1, 0.15) is 11.6 Å². The van der Waals surface area contributed by atoms with E-state index in [1.807, 2.05) is 6.07 Å². The Labute approximate surface area is 135 Å². The van der Waals surface area contributed by atoms with E-state index in [2.05, 4.69) is 10.1 Å². The van der Waals surface area contributed by atoms with Crippen molar-refractivity contribution < 1.29 is 14.3 Å². The number of methoxy groups -OCH3 is 1. The van der Waals surface area contributed by atoms with Crippen LogP contribution in [0.1, 0.15) is 48.0 Å². The Kier molecular flexibility index (Phi) is 5.93. The van der Waals surface area contributed by atoms with E-state index >= 15 is 0 Å². The number of nitriles is 1. The first-order valence-electron chi connectivity index (χ1n) is 7.75. The summed E-state index contributed by atoms with van der Waals surface area (Å²) >= 11 is 0. The molecule has 1 amide bonds. The molecule has 1 aliphatic carbocycles. The largest absolute Gasteiger partial charge is 0.465 e. The number of nitrogens with one attached hydrogen (secondary N) is 1. The summed E-state index contributed by atoms with van der Waals surface area (Å²) in [4.78, 5) is 23.6. The van der Waals surface area contributed by atoms with Gasteiger partial charge in [-0.1, -0.05) is 31.4 Å². The Bertz CT molecular complexity index is 635. The Morgan fingerprint density at radius 1 is 1.22 bits per heavy atom. The molecule has 1 N–H and O–H groups in total. The molecular formula is C18H20N2O3. The van der Waals surface area contributed by atoms with Gasteiger partial charge in [0.05, 0.1) is 12.7 Å². The molecule has 0 heterocycles. The molecule has 0 aromatic heterocycles. The number of nitrogens with zero attached hydrogens (tertiary/aromatic N) is 1. The Balaban J connectivity index is 2.06. The number of hydrogen-bond acceptors (Lipinski definition) is 4. The van der Waals surface area contributed by atoms with Crippen LogP contribution >= 0.6 is 0 Å². The number of hydrogen-bond donors (Lipinski definition) is 1. The molecule has 1 aliphatic rings. The van der Waals surface area contributed by atoms with Crippen LogP contribution in [0.2, 0.25) is 0 Å². The second-order valence-electron chi connectivity index (χ2n) is 5.59. The van der Waals surface area contributed by atoms with Crippen molar-refractivity contribution in [1.29, 1.82) is 5.26 Å². The highest BCUT2D eigenvalue weighted by Gasteiger charge is 2.18. The number of benzene rings is 1. The van der Waals surface area contributed by atoms with Gasteiger partial charge in [-0.3, -0.25) is 4.79 Å². The molecule has 23 heavy (non-hydrogen) atoms. The van der Waals surface area contributed by atoms with Gasteiger partial charge >= 0.3 is 5.97 Å². The molecule has 0 spiro atoms. The monoisotopic (exact) mass is 312 g/mol. The van der Waals surface area contributed by atoms with Crippen molar-refractivity contribution in [2.24, 2.45) is 0 Å². The standard InChI is InChI=1S/C18H20N2O3/c1-23-18(22)14-9-7-13(8-10-14)11-15(12-19)17(21)20-16-5-3-2-4-6-16/h7-11,16H,2-6H2,1H3,(H,20,21)/b15-11+. The summed E-state index contributed by atoms with van der Waals surface area (Å²) in [5.74, 6) is -0.757. The highest BCUT2D eigenvalue weighted by Crippen LogP contribution is 2.18. The molecule has 1 aromatic rings. The lowest BCUT2D eigenvalue weighted by atomic mass is 9.95. The van der Waals surface area contributed by atoms with Gasteiger partial charge in [0.15, 0.2) is 0 Å². The van der Waals surface area contributed by atoms with Crippen molar-refractivity contribution >= 4 is 18.0 Å². The molecule has 0 atom stereocenters. The Morgan fingerprint density at radius 3 is 2.43 bits per heavy atom. The van der Waals surface area contributed by atoms with Gasteiger partial charge in [0.2, 0.25) is 0 Å². The molecule has 1 aromatic carbocycles. The van der Waals surface area contributed by atoms with Crippen LogP contribution in [0, 0.1) is 11.3 Å². The minimum absolute atomic E-state index is 0.0707. The third-order valence-electron chi connectivity index (χ3n) is 3.95. The van der Waals surface area contributed by atoms with Crippen molar-refractivity contribution in [3.8, 4) is 6.07 Å². The van der Waals surface area contributed by atoms with E-state index in [4.69, 9.17) is 0 Å². The zero-order chi connectivity index (χ0) is 16.7. The van der Waals surface area contributed by atoms with E-state index in [0.717, 1.165) is 25.7 Å². The van der Waals surface area contributed by atoms with E-state index in [-0.39, 0.29) is 17.5 Å². The summed E-state index contributed by atoms with van der Waals surface area (Å²) in [6.07, 6.45) is 6.91. The second-order valence-corrected chi connectivity index (χ2v) is 5.59. The lowest BCUT2D eigenvalue weighted by molar-refractivity contribution is -0.117. The average Bonchev–Trinajstić information content (AvgIpc) is 2.60. The number of amides is 1. The molecule has 5 heteroatoms. The van der Waals surface area contributed by atoms with E-state index < -0.39 is 5.97 Å². The summed E-state index contributed by atoms with van der Waals surface area (Å²) in [7, 11) is 1.32. The Hall–Kier alpha value is -2.61. The quantitative estimate of drug-likeness (QED) is 0.527. The molecular weight excluding hydrogens is 292 g/mol. The van der Waals surface area contributed by atoms with Gasteiger partial charge in [0.25, 0.3) is 5.91 Å². The van der Waals surface area contributed by atoms with Crippen LogP contribution < -0.4 is 5.32 Å². The minimum Gasteiger partial charge on any atom is -0.465 e. The fourth-order valence-corrected chi connectivity index (χ4v) is 2.66. The van der Waals surface area contributed by atoms with Gasteiger partial charge in [-0.15, -0.1) is 0 Å². The van der Waals surface area contributed by atoms with Crippen molar-refractivity contribution in [1.82, 2.24) is 5.32 Å². The molecule has 5 nitrogen and oxygen atoms in total. The lowest BCUT2D eigenvalue weighted by Gasteiger charge is -2.22. The van der Waals surface area contributed by atoms with E-state index in [0.29, 0.717) is 11.1 Å². The molecule has 0 radical (unpaired) electrons. The van der Waals surface area contributed by atoms with Crippen LogP contribution in [0.25, 0.3) is 6.08 Å². The molecule has 0 bridgehead atoms. The van der Waals surface area contributed by atoms with Crippen molar-refractivity contribution in [2.75, 3.05) is 7.11 Å². The van der Waals surface area contributed by atoms with Gasteiger partial charge in [-0.25, -0.2) is 4.79 Å². The third-order valence-corrected chi connectivity index (χ3v) is 3.95. The van der Waals surface area contributed by atoms with E-state index in [1.54, 1.807) is 24.3 Å². The first kappa shape index (κ1) is 16.8. The summed E-state index contributed by atoms with van der Waals surface area (Å²) in [6.45, 7) is 0.